The third-order valence-corrected chi connectivity index (χ3v) is 6.20. The zero-order valence-corrected chi connectivity index (χ0v) is 13.7. The first-order chi connectivity index (χ1) is 9.94. The van der Waals surface area contributed by atoms with E-state index in [0.29, 0.717) is 6.54 Å². The lowest BCUT2D eigenvalue weighted by Crippen LogP contribution is -2.41. The van der Waals surface area contributed by atoms with Gasteiger partial charge in [0.2, 0.25) is 0 Å². The Kier molecular flexibility index (Phi) is 5.31. The van der Waals surface area contributed by atoms with Crippen LogP contribution in [0, 0.1) is 0 Å². The minimum atomic E-state index is -3.77. The van der Waals surface area contributed by atoms with E-state index in [1.807, 2.05) is 6.92 Å². The van der Waals surface area contributed by atoms with E-state index in [1.54, 1.807) is 0 Å². The van der Waals surface area contributed by atoms with Crippen molar-refractivity contribution in [1.82, 2.24) is 14.6 Å². The van der Waals surface area contributed by atoms with Crippen LogP contribution in [-0.2, 0) is 14.8 Å². The molecule has 1 saturated heterocycles. The van der Waals surface area contributed by atoms with Crippen LogP contribution in [0.5, 0.6) is 0 Å². The molecule has 1 unspecified atom stereocenters. The van der Waals surface area contributed by atoms with E-state index in [1.165, 1.54) is 12.6 Å². The molecule has 1 atom stereocenters. The Morgan fingerprint density at radius 1 is 1.52 bits per heavy atom. The van der Waals surface area contributed by atoms with Crippen molar-refractivity contribution < 1.29 is 17.9 Å². The maximum atomic E-state index is 12.4. The van der Waals surface area contributed by atoms with Crippen LogP contribution < -0.4 is 4.72 Å². The van der Waals surface area contributed by atoms with E-state index >= 15 is 0 Å². The number of thiazole rings is 1. The highest BCUT2D eigenvalue weighted by Gasteiger charge is 2.28. The number of sulfonamides is 1. The Hall–Kier alpha value is -1.03. The molecule has 7 nitrogen and oxygen atoms in total. The molecule has 1 aliphatic heterocycles. The van der Waals surface area contributed by atoms with Crippen LogP contribution in [0.4, 0.5) is 0 Å². The maximum absolute atomic E-state index is 12.4. The molecule has 21 heavy (non-hydrogen) atoms. The first kappa shape index (κ1) is 16.3. The molecule has 2 rings (SSSR count). The molecule has 0 aliphatic carbocycles. The molecule has 1 aromatic rings. The van der Waals surface area contributed by atoms with Gasteiger partial charge in [-0.3, -0.25) is 0 Å². The van der Waals surface area contributed by atoms with E-state index < -0.39 is 16.0 Å². The lowest BCUT2D eigenvalue weighted by molar-refractivity contribution is 0.0590. The lowest BCUT2D eigenvalue weighted by atomic mass is 10.3. The van der Waals surface area contributed by atoms with Crippen molar-refractivity contribution in [3.8, 4) is 0 Å². The van der Waals surface area contributed by atoms with Crippen LogP contribution in [0.25, 0.3) is 0 Å². The number of aromatic nitrogens is 1. The van der Waals surface area contributed by atoms with E-state index in [-0.39, 0.29) is 15.9 Å². The molecular formula is C12H19N3O4S2. The summed E-state index contributed by atoms with van der Waals surface area (Å²) in [6.45, 7) is 4.47. The highest BCUT2D eigenvalue weighted by Crippen LogP contribution is 2.21. The Labute approximate surface area is 128 Å². The molecule has 0 aromatic carbocycles. The van der Waals surface area contributed by atoms with Gasteiger partial charge < -0.3 is 9.64 Å². The predicted molar refractivity (Wildman–Crippen MR) is 78.9 cm³/mol. The van der Waals surface area contributed by atoms with E-state index in [4.69, 9.17) is 0 Å². The molecule has 0 bridgehead atoms. The fraction of sp³-hybridized carbons (Fsp3) is 0.667. The van der Waals surface area contributed by atoms with Gasteiger partial charge in [-0.15, -0.1) is 11.3 Å². The number of esters is 1. The largest absolute Gasteiger partial charge is 0.464 e. The highest BCUT2D eigenvalue weighted by atomic mass is 32.2. The molecule has 1 aliphatic rings. The Bertz CT molecular complexity index is 593. The van der Waals surface area contributed by atoms with Gasteiger partial charge in [0.15, 0.2) is 9.90 Å². The smallest absolute Gasteiger partial charge is 0.358 e. The lowest BCUT2D eigenvalue weighted by Gasteiger charge is -2.20. The number of nitrogens with one attached hydrogen (secondary N) is 1. The number of hydrogen-bond donors (Lipinski definition) is 1. The third-order valence-electron chi connectivity index (χ3n) is 3.24. The molecule has 0 saturated carbocycles. The van der Waals surface area contributed by atoms with Crippen molar-refractivity contribution in [2.45, 2.75) is 30.0 Å². The van der Waals surface area contributed by atoms with Crippen molar-refractivity contribution >= 4 is 27.3 Å². The summed E-state index contributed by atoms with van der Waals surface area (Å²) in [6.07, 6.45) is 2.31. The van der Waals surface area contributed by atoms with Crippen molar-refractivity contribution in [2.75, 3.05) is 26.7 Å². The van der Waals surface area contributed by atoms with Crippen molar-refractivity contribution in [3.05, 3.63) is 11.2 Å². The number of likely N-dealkylation sites (tertiary alicyclic amines) is 1. The van der Waals surface area contributed by atoms with Gasteiger partial charge in [-0.1, -0.05) is 0 Å². The molecular weight excluding hydrogens is 314 g/mol. The molecule has 9 heteroatoms. The van der Waals surface area contributed by atoms with Gasteiger partial charge in [0, 0.05) is 12.6 Å². The predicted octanol–water partition coefficient (Wildman–Crippen LogP) is 0.692. The van der Waals surface area contributed by atoms with Crippen LogP contribution in [0.3, 0.4) is 0 Å². The summed E-state index contributed by atoms with van der Waals surface area (Å²) in [5.74, 6) is -0.746. The van der Waals surface area contributed by atoms with Gasteiger partial charge in [-0.25, -0.2) is 22.9 Å². The van der Waals surface area contributed by atoms with Crippen LogP contribution in [0.1, 0.15) is 30.3 Å². The maximum Gasteiger partial charge on any atom is 0.358 e. The van der Waals surface area contributed by atoms with Gasteiger partial charge in [0.1, 0.15) is 0 Å². The quantitative estimate of drug-likeness (QED) is 0.771. The molecule has 118 valence electrons. The first-order valence-corrected chi connectivity index (χ1v) is 9.07. The zero-order valence-electron chi connectivity index (χ0n) is 12.0. The number of methoxy groups -OCH3 is 1. The summed E-state index contributed by atoms with van der Waals surface area (Å²) < 4.78 is 31.8. The normalized spacial score (nSPS) is 17.8. The number of rotatable bonds is 6. The molecule has 1 aromatic heterocycles. The topological polar surface area (TPSA) is 88.6 Å². The van der Waals surface area contributed by atoms with Crippen LogP contribution in [0.15, 0.2) is 9.72 Å². The van der Waals surface area contributed by atoms with Crippen LogP contribution >= 0.6 is 11.3 Å². The number of nitrogens with zero attached hydrogens (tertiary/aromatic N) is 2. The molecule has 1 N–H and O–H groups in total. The fourth-order valence-corrected chi connectivity index (χ4v) is 4.75. The summed E-state index contributed by atoms with van der Waals surface area (Å²) in [4.78, 5) is 17.5. The van der Waals surface area contributed by atoms with Gasteiger partial charge in [0.05, 0.1) is 12.6 Å². The Morgan fingerprint density at radius 2 is 2.19 bits per heavy atom. The van der Waals surface area contributed by atoms with Gasteiger partial charge in [-0.2, -0.15) is 0 Å². The molecule has 1 fully saturated rings. The molecule has 0 spiro atoms. The zero-order chi connectivity index (χ0) is 15.5. The minimum absolute atomic E-state index is 0.0948. The summed E-state index contributed by atoms with van der Waals surface area (Å²) in [5.41, 5.74) is 1.16. The minimum Gasteiger partial charge on any atom is -0.464 e. The number of carbonyl (C=O) groups excluding carboxylic acids is 1. The van der Waals surface area contributed by atoms with Gasteiger partial charge in [-0.05, 0) is 32.9 Å². The number of carbonyl (C=O) groups is 1. The Balaban J connectivity index is 2.07. The summed E-state index contributed by atoms with van der Waals surface area (Å²) in [5, 5.41) is 0. The van der Waals surface area contributed by atoms with Crippen molar-refractivity contribution in [2.24, 2.45) is 0 Å². The van der Waals surface area contributed by atoms with E-state index in [0.717, 1.165) is 37.3 Å². The summed E-state index contributed by atoms with van der Waals surface area (Å²) >= 11 is 0.909. The standard InChI is InChI=1S/C12H19N3O4S2/c1-9(7-15-5-3-4-6-15)14-21(17,18)12-10(11(16)19-2)13-8-20-12/h8-9,14H,3-7H2,1-2H3. The first-order valence-electron chi connectivity index (χ1n) is 6.70. The number of hydrogen-bond acceptors (Lipinski definition) is 7. The second-order valence-corrected chi connectivity index (χ2v) is 7.77. The van der Waals surface area contributed by atoms with Crippen LogP contribution in [0.2, 0.25) is 0 Å². The monoisotopic (exact) mass is 333 g/mol. The SMILES string of the molecule is COC(=O)c1ncsc1S(=O)(=O)NC(C)CN1CCCC1. The average Bonchev–Trinajstić information content (AvgIpc) is 3.07. The average molecular weight is 333 g/mol. The van der Waals surface area contributed by atoms with Gasteiger partial charge >= 0.3 is 5.97 Å². The van der Waals surface area contributed by atoms with Crippen LogP contribution in [-0.4, -0.2) is 57.1 Å². The van der Waals surface area contributed by atoms with Crippen molar-refractivity contribution in [1.29, 1.82) is 0 Å². The summed E-state index contributed by atoms with van der Waals surface area (Å²) in [7, 11) is -2.57. The summed E-state index contributed by atoms with van der Waals surface area (Å²) in [6, 6.07) is -0.235. The highest BCUT2D eigenvalue weighted by molar-refractivity contribution is 7.91. The second-order valence-electron chi connectivity index (χ2n) is 5.01. The van der Waals surface area contributed by atoms with Gasteiger partial charge in [0.25, 0.3) is 10.0 Å². The van der Waals surface area contributed by atoms with Crippen molar-refractivity contribution in [3.63, 3.8) is 0 Å². The molecule has 2 heterocycles. The fourth-order valence-electron chi connectivity index (χ4n) is 2.37. The Morgan fingerprint density at radius 3 is 2.81 bits per heavy atom. The molecule has 0 amide bonds. The van der Waals surface area contributed by atoms with E-state index in [9.17, 15) is 13.2 Å². The number of ether oxygens (including phenoxy) is 1. The second kappa shape index (κ2) is 6.82. The third kappa shape index (κ3) is 4.00. The van der Waals surface area contributed by atoms with E-state index in [2.05, 4.69) is 19.3 Å². The molecule has 0 radical (unpaired) electrons.